The lowest BCUT2D eigenvalue weighted by Crippen LogP contribution is -2.33. The summed E-state index contributed by atoms with van der Waals surface area (Å²) in [5.74, 6) is 0. The standard InChI is InChI=1S/C14H19N3/c1-10-14(17(2)11-7-8-15-9-11)12-5-3-4-6-13(12)16-10/h3-6,11,15-16H,7-9H2,1-2H3. The van der Waals surface area contributed by atoms with E-state index in [0.717, 1.165) is 13.1 Å². The summed E-state index contributed by atoms with van der Waals surface area (Å²) in [6.07, 6.45) is 1.23. The number of fused-ring (bicyclic) bond motifs is 1. The molecular formula is C14H19N3. The summed E-state index contributed by atoms with van der Waals surface area (Å²) >= 11 is 0. The van der Waals surface area contributed by atoms with Gasteiger partial charge in [-0.15, -0.1) is 0 Å². The van der Waals surface area contributed by atoms with Crippen molar-refractivity contribution in [1.29, 1.82) is 0 Å². The molecule has 2 heterocycles. The van der Waals surface area contributed by atoms with Crippen molar-refractivity contribution in [2.75, 3.05) is 25.0 Å². The van der Waals surface area contributed by atoms with Crippen LogP contribution in [0.5, 0.6) is 0 Å². The first-order valence-corrected chi connectivity index (χ1v) is 6.28. The average Bonchev–Trinajstić information content (AvgIpc) is 2.94. The molecule has 1 aromatic carbocycles. The highest BCUT2D eigenvalue weighted by molar-refractivity contribution is 5.94. The summed E-state index contributed by atoms with van der Waals surface area (Å²) in [6, 6.07) is 9.16. The lowest BCUT2D eigenvalue weighted by atomic mass is 10.1. The third-order valence-corrected chi connectivity index (χ3v) is 3.79. The van der Waals surface area contributed by atoms with Crippen molar-refractivity contribution >= 4 is 16.6 Å². The fourth-order valence-electron chi connectivity index (χ4n) is 2.87. The fraction of sp³-hybridized carbons (Fsp3) is 0.429. The van der Waals surface area contributed by atoms with Crippen molar-refractivity contribution in [3.05, 3.63) is 30.0 Å². The van der Waals surface area contributed by atoms with E-state index in [1.54, 1.807) is 0 Å². The first-order chi connectivity index (χ1) is 8.27. The number of benzene rings is 1. The van der Waals surface area contributed by atoms with Crippen LogP contribution in [0, 0.1) is 6.92 Å². The van der Waals surface area contributed by atoms with E-state index in [1.165, 1.54) is 28.7 Å². The minimum Gasteiger partial charge on any atom is -0.368 e. The number of aryl methyl sites for hydroxylation is 1. The number of hydrogen-bond donors (Lipinski definition) is 2. The summed E-state index contributed by atoms with van der Waals surface area (Å²) in [5, 5.41) is 4.76. The van der Waals surface area contributed by atoms with Gasteiger partial charge in [0.05, 0.1) is 5.69 Å². The van der Waals surface area contributed by atoms with Crippen LogP contribution in [-0.2, 0) is 0 Å². The molecule has 1 atom stereocenters. The second-order valence-electron chi connectivity index (χ2n) is 4.90. The SMILES string of the molecule is Cc1[nH]c2ccccc2c1N(C)C1CCNC1. The number of hydrogen-bond acceptors (Lipinski definition) is 2. The van der Waals surface area contributed by atoms with Gasteiger partial charge in [-0.3, -0.25) is 0 Å². The van der Waals surface area contributed by atoms with Gasteiger partial charge in [0.15, 0.2) is 0 Å². The van der Waals surface area contributed by atoms with Crippen LogP contribution >= 0.6 is 0 Å². The smallest absolute Gasteiger partial charge is 0.0654 e. The Kier molecular flexibility index (Phi) is 2.56. The van der Waals surface area contributed by atoms with Crippen LogP contribution in [0.25, 0.3) is 10.9 Å². The highest BCUT2D eigenvalue weighted by atomic mass is 15.2. The molecule has 3 heteroatoms. The molecule has 2 aromatic rings. The lowest BCUT2D eigenvalue weighted by molar-refractivity contribution is 0.686. The van der Waals surface area contributed by atoms with Crippen LogP contribution in [0.1, 0.15) is 12.1 Å². The molecule has 0 saturated carbocycles. The van der Waals surface area contributed by atoms with Gasteiger partial charge in [-0.2, -0.15) is 0 Å². The third kappa shape index (κ3) is 1.71. The van der Waals surface area contributed by atoms with Gasteiger partial charge in [0.1, 0.15) is 0 Å². The van der Waals surface area contributed by atoms with E-state index in [9.17, 15) is 0 Å². The maximum Gasteiger partial charge on any atom is 0.0654 e. The van der Waals surface area contributed by atoms with Gasteiger partial charge >= 0.3 is 0 Å². The van der Waals surface area contributed by atoms with Crippen molar-refractivity contribution < 1.29 is 0 Å². The van der Waals surface area contributed by atoms with Gasteiger partial charge in [-0.1, -0.05) is 18.2 Å². The Bertz CT molecular complexity index is 523. The molecule has 1 saturated heterocycles. The first-order valence-electron chi connectivity index (χ1n) is 6.28. The van der Waals surface area contributed by atoms with Crippen molar-refractivity contribution in [3.8, 4) is 0 Å². The molecule has 3 rings (SSSR count). The van der Waals surface area contributed by atoms with Crippen molar-refractivity contribution in [2.24, 2.45) is 0 Å². The summed E-state index contributed by atoms with van der Waals surface area (Å²) in [4.78, 5) is 5.89. The number of nitrogens with one attached hydrogen (secondary N) is 2. The Balaban J connectivity index is 2.06. The molecule has 1 fully saturated rings. The molecule has 0 radical (unpaired) electrons. The van der Waals surface area contributed by atoms with Gasteiger partial charge in [-0.05, 0) is 26.0 Å². The van der Waals surface area contributed by atoms with E-state index < -0.39 is 0 Å². The number of likely N-dealkylation sites (N-methyl/N-ethyl adjacent to an activating group) is 1. The normalized spacial score (nSPS) is 20.0. The number of H-pyrrole nitrogens is 1. The molecular weight excluding hydrogens is 210 g/mol. The maximum atomic E-state index is 3.47. The molecule has 0 spiro atoms. The van der Waals surface area contributed by atoms with Gasteiger partial charge in [0.25, 0.3) is 0 Å². The van der Waals surface area contributed by atoms with Gasteiger partial charge in [0.2, 0.25) is 0 Å². The monoisotopic (exact) mass is 229 g/mol. The van der Waals surface area contributed by atoms with E-state index >= 15 is 0 Å². The van der Waals surface area contributed by atoms with Crippen LogP contribution in [-0.4, -0.2) is 31.2 Å². The van der Waals surface area contributed by atoms with Crippen LogP contribution in [0.3, 0.4) is 0 Å². The summed E-state index contributed by atoms with van der Waals surface area (Å²) in [6.45, 7) is 4.39. The molecule has 3 nitrogen and oxygen atoms in total. The predicted octanol–water partition coefficient (Wildman–Crippen LogP) is 2.27. The largest absolute Gasteiger partial charge is 0.368 e. The molecule has 0 bridgehead atoms. The minimum absolute atomic E-state index is 0.618. The van der Waals surface area contributed by atoms with Crippen LogP contribution in [0.15, 0.2) is 24.3 Å². The fourth-order valence-corrected chi connectivity index (χ4v) is 2.87. The maximum absolute atomic E-state index is 3.47. The second kappa shape index (κ2) is 4.08. The Morgan fingerprint density at radius 3 is 2.88 bits per heavy atom. The average molecular weight is 229 g/mol. The van der Waals surface area contributed by atoms with Gasteiger partial charge in [-0.25, -0.2) is 0 Å². The molecule has 1 aliphatic rings. The number of rotatable bonds is 2. The second-order valence-corrected chi connectivity index (χ2v) is 4.90. The molecule has 17 heavy (non-hydrogen) atoms. The molecule has 90 valence electrons. The van der Waals surface area contributed by atoms with E-state index in [2.05, 4.69) is 53.4 Å². The van der Waals surface area contributed by atoms with E-state index in [-0.39, 0.29) is 0 Å². The predicted molar refractivity (Wildman–Crippen MR) is 72.7 cm³/mol. The summed E-state index contributed by atoms with van der Waals surface area (Å²) in [5.41, 5.74) is 3.85. The van der Waals surface area contributed by atoms with Gasteiger partial charge in [0, 0.05) is 36.2 Å². The molecule has 1 aliphatic heterocycles. The molecule has 1 aromatic heterocycles. The number of para-hydroxylation sites is 1. The zero-order valence-electron chi connectivity index (χ0n) is 10.5. The Morgan fingerprint density at radius 2 is 2.12 bits per heavy atom. The molecule has 1 unspecified atom stereocenters. The van der Waals surface area contributed by atoms with E-state index in [4.69, 9.17) is 0 Å². The Hall–Kier alpha value is -1.48. The zero-order valence-corrected chi connectivity index (χ0v) is 10.5. The van der Waals surface area contributed by atoms with E-state index in [1.807, 2.05) is 0 Å². The van der Waals surface area contributed by atoms with Crippen molar-refractivity contribution in [2.45, 2.75) is 19.4 Å². The van der Waals surface area contributed by atoms with Crippen molar-refractivity contribution in [1.82, 2.24) is 10.3 Å². The Labute approximate surface area is 102 Å². The van der Waals surface area contributed by atoms with E-state index in [0.29, 0.717) is 6.04 Å². The molecule has 2 N–H and O–H groups in total. The quantitative estimate of drug-likeness (QED) is 0.827. The summed E-state index contributed by atoms with van der Waals surface area (Å²) in [7, 11) is 2.21. The molecule has 0 amide bonds. The number of aromatic nitrogens is 1. The first kappa shape index (κ1) is 10.7. The summed E-state index contributed by atoms with van der Waals surface area (Å²) < 4.78 is 0. The topological polar surface area (TPSA) is 31.1 Å². The van der Waals surface area contributed by atoms with Crippen LogP contribution in [0.4, 0.5) is 5.69 Å². The Morgan fingerprint density at radius 1 is 1.29 bits per heavy atom. The number of aromatic amines is 1. The lowest BCUT2D eigenvalue weighted by Gasteiger charge is -2.26. The number of nitrogens with zero attached hydrogens (tertiary/aromatic N) is 1. The highest BCUT2D eigenvalue weighted by Crippen LogP contribution is 2.31. The molecule has 0 aliphatic carbocycles. The van der Waals surface area contributed by atoms with Crippen LogP contribution in [0.2, 0.25) is 0 Å². The zero-order chi connectivity index (χ0) is 11.8. The third-order valence-electron chi connectivity index (χ3n) is 3.79. The highest BCUT2D eigenvalue weighted by Gasteiger charge is 2.22. The number of anilines is 1. The van der Waals surface area contributed by atoms with Crippen molar-refractivity contribution in [3.63, 3.8) is 0 Å². The van der Waals surface area contributed by atoms with Crippen LogP contribution < -0.4 is 10.2 Å². The minimum atomic E-state index is 0.618. The van der Waals surface area contributed by atoms with Gasteiger partial charge < -0.3 is 15.2 Å².